The summed E-state index contributed by atoms with van der Waals surface area (Å²) < 4.78 is 1.33. The van der Waals surface area contributed by atoms with Crippen molar-refractivity contribution in [3.63, 3.8) is 0 Å². The average Bonchev–Trinajstić information content (AvgIpc) is 3.49. The molecule has 6 aromatic rings. The molecule has 4 aromatic carbocycles. The molecule has 52 heavy (non-hydrogen) atoms. The fourth-order valence-electron chi connectivity index (χ4n) is 5.85. The van der Waals surface area contributed by atoms with Crippen LogP contribution in [0.3, 0.4) is 0 Å². The second kappa shape index (κ2) is 13.9. The Labute approximate surface area is 300 Å². The van der Waals surface area contributed by atoms with E-state index in [1.165, 1.54) is 10.7 Å². The summed E-state index contributed by atoms with van der Waals surface area (Å²) in [5.74, 6) is -1.18. The van der Waals surface area contributed by atoms with Gasteiger partial charge in [0.2, 0.25) is 0 Å². The van der Waals surface area contributed by atoms with Crippen molar-refractivity contribution in [2.24, 2.45) is 10.2 Å². The molecule has 0 radical (unpaired) electrons. The van der Waals surface area contributed by atoms with E-state index in [4.69, 9.17) is 0 Å². The number of rotatable bonds is 7. The van der Waals surface area contributed by atoms with Gasteiger partial charge in [-0.2, -0.15) is 15.0 Å². The van der Waals surface area contributed by atoms with Crippen molar-refractivity contribution in [1.29, 1.82) is 5.26 Å². The molecule has 12 heteroatoms. The minimum absolute atomic E-state index is 0.0424. The molecule has 0 saturated heterocycles. The summed E-state index contributed by atoms with van der Waals surface area (Å²) in [5, 5.41) is 42.2. The van der Waals surface area contributed by atoms with Crippen molar-refractivity contribution in [2.75, 3.05) is 10.6 Å². The number of carbonyl (C=O) groups is 2. The second-order valence-electron chi connectivity index (χ2n) is 13.7. The first kappa shape index (κ1) is 35.1. The van der Waals surface area contributed by atoms with E-state index in [0.717, 1.165) is 22.3 Å². The highest BCUT2D eigenvalue weighted by Crippen LogP contribution is 2.41. The number of anilines is 2. The standard InChI is InChI=1S/C40H37N9O3/c1-22-9-13-31(24(3)17-22)44-37(51)26-11-12-28-27(19-26)20-29(38(52)45-32-14-10-23(2)18-25(32)4)34(50)33(28)46-47-36-30(21-41)35(40(5,6)7)48-49(36)39-42-15-8-16-43-39/h8-20,50H,1-7H3,(H,44,51)(H,45,52). The van der Waals surface area contributed by atoms with E-state index >= 15 is 0 Å². The molecule has 12 nitrogen and oxygen atoms in total. The largest absolute Gasteiger partial charge is 0.505 e. The van der Waals surface area contributed by atoms with E-state index in [-0.39, 0.29) is 34.5 Å². The Balaban J connectivity index is 1.51. The molecule has 0 atom stereocenters. The number of carbonyl (C=O) groups excluding carboxylic acids is 2. The molecule has 6 rings (SSSR count). The van der Waals surface area contributed by atoms with Gasteiger partial charge in [0.25, 0.3) is 17.8 Å². The predicted octanol–water partition coefficient (Wildman–Crippen LogP) is 8.84. The number of nitrogens with one attached hydrogen (secondary N) is 2. The Hall–Kier alpha value is -6.74. The third-order valence-corrected chi connectivity index (χ3v) is 8.52. The Morgan fingerprint density at radius 3 is 2.02 bits per heavy atom. The molecule has 0 spiro atoms. The smallest absolute Gasteiger partial charge is 0.259 e. The van der Waals surface area contributed by atoms with E-state index in [1.54, 1.807) is 42.7 Å². The van der Waals surface area contributed by atoms with Crippen LogP contribution < -0.4 is 10.6 Å². The van der Waals surface area contributed by atoms with E-state index in [2.05, 4.69) is 42.0 Å². The SMILES string of the molecule is Cc1ccc(NC(=O)c2ccc3c(N=Nc4c(C#N)c(C(C)(C)C)nn4-c4ncccn4)c(O)c(C(=O)Nc4ccc(C)cc4C)cc3c2)c(C)c1. The van der Waals surface area contributed by atoms with Gasteiger partial charge in [-0.3, -0.25) is 9.59 Å². The Kier molecular flexibility index (Phi) is 9.37. The van der Waals surface area contributed by atoms with Crippen LogP contribution in [0, 0.1) is 39.0 Å². The van der Waals surface area contributed by atoms with E-state index in [9.17, 15) is 20.0 Å². The molecule has 260 valence electrons. The van der Waals surface area contributed by atoms with Crippen molar-refractivity contribution in [3.8, 4) is 17.8 Å². The number of hydrogen-bond acceptors (Lipinski definition) is 9. The minimum atomic E-state index is -0.594. The Bertz CT molecular complexity index is 2450. The third-order valence-electron chi connectivity index (χ3n) is 8.52. The van der Waals surface area contributed by atoms with Crippen molar-refractivity contribution < 1.29 is 14.7 Å². The van der Waals surface area contributed by atoms with Gasteiger partial charge in [0.15, 0.2) is 11.6 Å². The molecule has 0 saturated carbocycles. The minimum Gasteiger partial charge on any atom is -0.505 e. The first-order valence-corrected chi connectivity index (χ1v) is 16.5. The number of aromatic nitrogens is 4. The number of aromatic hydroxyl groups is 1. The van der Waals surface area contributed by atoms with Gasteiger partial charge in [-0.05, 0) is 80.6 Å². The average molecular weight is 692 g/mol. The molecule has 2 aromatic heterocycles. The first-order chi connectivity index (χ1) is 24.7. The number of aryl methyl sites for hydroxylation is 4. The fraction of sp³-hybridized carbons (Fsp3) is 0.200. The lowest BCUT2D eigenvalue weighted by atomic mass is 9.90. The zero-order valence-corrected chi connectivity index (χ0v) is 29.9. The van der Waals surface area contributed by atoms with Crippen molar-refractivity contribution in [2.45, 2.75) is 53.9 Å². The number of phenols is 1. The maximum atomic E-state index is 13.8. The Morgan fingerprint density at radius 1 is 0.827 bits per heavy atom. The summed E-state index contributed by atoms with van der Waals surface area (Å²) in [5.41, 5.74) is 5.34. The van der Waals surface area contributed by atoms with Crippen LogP contribution >= 0.6 is 0 Å². The monoisotopic (exact) mass is 691 g/mol. The molecule has 0 aliphatic carbocycles. The second-order valence-corrected chi connectivity index (χ2v) is 13.7. The van der Waals surface area contributed by atoms with Crippen molar-refractivity contribution in [1.82, 2.24) is 19.7 Å². The summed E-state index contributed by atoms with van der Waals surface area (Å²) >= 11 is 0. The van der Waals surface area contributed by atoms with Gasteiger partial charge in [-0.25, -0.2) is 9.97 Å². The maximum Gasteiger partial charge on any atom is 0.259 e. The van der Waals surface area contributed by atoms with Gasteiger partial charge in [-0.15, -0.1) is 10.2 Å². The number of amides is 2. The number of benzene rings is 4. The highest BCUT2D eigenvalue weighted by atomic mass is 16.3. The molecule has 0 bridgehead atoms. The molecular formula is C40H37N9O3. The molecule has 0 fully saturated rings. The highest BCUT2D eigenvalue weighted by Gasteiger charge is 2.29. The number of nitrogens with zero attached hydrogens (tertiary/aromatic N) is 7. The van der Waals surface area contributed by atoms with Gasteiger partial charge in [-0.1, -0.05) is 62.2 Å². The van der Waals surface area contributed by atoms with Gasteiger partial charge >= 0.3 is 0 Å². The lowest BCUT2D eigenvalue weighted by molar-refractivity contribution is 0.101. The molecule has 3 N–H and O–H groups in total. The third kappa shape index (κ3) is 6.97. The van der Waals surface area contributed by atoms with Gasteiger partial charge in [0.05, 0.1) is 11.3 Å². The maximum absolute atomic E-state index is 13.8. The van der Waals surface area contributed by atoms with E-state index in [1.807, 2.05) is 78.8 Å². The summed E-state index contributed by atoms with van der Waals surface area (Å²) in [4.78, 5) is 35.9. The molecule has 0 unspecified atom stereocenters. The van der Waals surface area contributed by atoms with Crippen LogP contribution in [0.25, 0.3) is 16.7 Å². The first-order valence-electron chi connectivity index (χ1n) is 16.5. The van der Waals surface area contributed by atoms with Crippen LogP contribution in [0.1, 0.15) is 75.0 Å². The number of nitriles is 1. The fourth-order valence-corrected chi connectivity index (χ4v) is 5.85. The summed E-state index contributed by atoms with van der Waals surface area (Å²) in [6.45, 7) is 13.5. The van der Waals surface area contributed by atoms with Crippen LogP contribution in [0.5, 0.6) is 5.75 Å². The molecule has 2 heterocycles. The normalized spacial score (nSPS) is 11.5. The van der Waals surface area contributed by atoms with Crippen LogP contribution in [-0.4, -0.2) is 36.7 Å². The Morgan fingerprint density at radius 2 is 1.44 bits per heavy atom. The zero-order chi connectivity index (χ0) is 37.3. The van der Waals surface area contributed by atoms with Gasteiger partial charge in [0, 0.05) is 40.1 Å². The number of fused-ring (bicyclic) bond motifs is 1. The van der Waals surface area contributed by atoms with Crippen LogP contribution in [-0.2, 0) is 5.41 Å². The van der Waals surface area contributed by atoms with Crippen LogP contribution in [0.2, 0.25) is 0 Å². The lowest BCUT2D eigenvalue weighted by Gasteiger charge is -2.14. The van der Waals surface area contributed by atoms with E-state index < -0.39 is 17.1 Å². The van der Waals surface area contributed by atoms with Gasteiger partial charge in [0.1, 0.15) is 17.3 Å². The molecular weight excluding hydrogens is 654 g/mol. The number of hydrogen-bond donors (Lipinski definition) is 3. The molecule has 2 amide bonds. The van der Waals surface area contributed by atoms with Crippen molar-refractivity contribution in [3.05, 3.63) is 124 Å². The summed E-state index contributed by atoms with van der Waals surface area (Å²) in [6, 6.07) is 21.6. The number of azo groups is 1. The van der Waals surface area contributed by atoms with Crippen LogP contribution in [0.4, 0.5) is 22.9 Å². The molecule has 0 aliphatic rings. The van der Waals surface area contributed by atoms with Crippen molar-refractivity contribution >= 4 is 45.5 Å². The summed E-state index contributed by atoms with van der Waals surface area (Å²) in [6.07, 6.45) is 3.08. The van der Waals surface area contributed by atoms with Gasteiger partial charge < -0.3 is 15.7 Å². The quantitative estimate of drug-likeness (QED) is 0.140. The summed E-state index contributed by atoms with van der Waals surface area (Å²) in [7, 11) is 0. The predicted molar refractivity (Wildman–Crippen MR) is 200 cm³/mol. The topological polar surface area (TPSA) is 171 Å². The lowest BCUT2D eigenvalue weighted by Crippen LogP contribution is -2.14. The van der Waals surface area contributed by atoms with E-state index in [0.29, 0.717) is 33.4 Å². The molecule has 0 aliphatic heterocycles. The van der Waals surface area contributed by atoms with Crippen LogP contribution in [0.15, 0.2) is 89.4 Å². The highest BCUT2D eigenvalue weighted by molar-refractivity contribution is 6.13. The zero-order valence-electron chi connectivity index (χ0n) is 29.9. The number of phenolic OH excluding ortho intramolecular Hbond substituents is 1.